The van der Waals surface area contributed by atoms with E-state index in [1.165, 1.54) is 7.11 Å². The third-order valence-corrected chi connectivity index (χ3v) is 6.49. The SMILES string of the molecule is COC(=O)[C@@H](NC(=O)[C@H](CCC(=O)OC(C)(C)C)CC(=O)[C@H](CC(C)C)NC(=O)C1CCCC1)C(C)C. The molecule has 0 unspecified atom stereocenters. The Bertz CT molecular complexity index is 795. The van der Waals surface area contributed by atoms with Gasteiger partial charge in [0.25, 0.3) is 0 Å². The molecule has 1 saturated carbocycles. The fourth-order valence-electron chi connectivity index (χ4n) is 4.51. The molecule has 1 rings (SSSR count). The number of esters is 2. The smallest absolute Gasteiger partial charge is 0.328 e. The minimum absolute atomic E-state index is 0.0590. The number of carbonyl (C=O) groups excluding carboxylic acids is 5. The van der Waals surface area contributed by atoms with Crippen molar-refractivity contribution in [3.8, 4) is 0 Å². The molecule has 9 nitrogen and oxygen atoms in total. The van der Waals surface area contributed by atoms with Crippen LogP contribution in [0, 0.1) is 23.7 Å². The van der Waals surface area contributed by atoms with Gasteiger partial charge in [-0.2, -0.15) is 0 Å². The summed E-state index contributed by atoms with van der Waals surface area (Å²) in [5, 5.41) is 5.64. The van der Waals surface area contributed by atoms with E-state index in [2.05, 4.69) is 10.6 Å². The van der Waals surface area contributed by atoms with E-state index in [1.54, 1.807) is 34.6 Å². The Hall–Kier alpha value is -2.45. The second-order valence-corrected chi connectivity index (χ2v) is 11.9. The zero-order valence-corrected chi connectivity index (χ0v) is 24.0. The Morgan fingerprint density at radius 3 is 2.03 bits per heavy atom. The predicted octanol–water partition coefficient (Wildman–Crippen LogP) is 3.72. The monoisotopic (exact) mass is 524 g/mol. The third-order valence-electron chi connectivity index (χ3n) is 6.49. The number of carbonyl (C=O) groups is 5. The van der Waals surface area contributed by atoms with Crippen molar-refractivity contribution in [3.05, 3.63) is 0 Å². The Labute approximate surface area is 222 Å². The first kappa shape index (κ1) is 32.6. The number of amides is 2. The van der Waals surface area contributed by atoms with Crippen LogP contribution >= 0.6 is 0 Å². The van der Waals surface area contributed by atoms with Crippen LogP contribution in [-0.2, 0) is 33.4 Å². The fraction of sp³-hybridized carbons (Fsp3) is 0.821. The van der Waals surface area contributed by atoms with Crippen LogP contribution in [0.25, 0.3) is 0 Å². The molecule has 9 heteroatoms. The lowest BCUT2D eigenvalue weighted by Gasteiger charge is -2.26. The number of ether oxygens (including phenoxy) is 2. The molecule has 2 N–H and O–H groups in total. The molecular weight excluding hydrogens is 476 g/mol. The molecule has 1 aliphatic carbocycles. The van der Waals surface area contributed by atoms with Crippen molar-refractivity contribution in [3.63, 3.8) is 0 Å². The Morgan fingerprint density at radius 2 is 1.54 bits per heavy atom. The number of methoxy groups -OCH3 is 1. The quantitative estimate of drug-likeness (QED) is 0.332. The van der Waals surface area contributed by atoms with Crippen molar-refractivity contribution >= 4 is 29.5 Å². The molecule has 212 valence electrons. The molecule has 0 radical (unpaired) electrons. The van der Waals surface area contributed by atoms with Gasteiger partial charge in [-0.1, -0.05) is 40.5 Å². The summed E-state index contributed by atoms with van der Waals surface area (Å²) in [6.07, 6.45) is 3.95. The van der Waals surface area contributed by atoms with E-state index in [0.717, 1.165) is 25.7 Å². The average Bonchev–Trinajstić information content (AvgIpc) is 3.32. The fourth-order valence-corrected chi connectivity index (χ4v) is 4.51. The highest BCUT2D eigenvalue weighted by Crippen LogP contribution is 2.26. The molecule has 0 spiro atoms. The number of Topliss-reactive ketones (excluding diaryl/α,β-unsaturated/α-hetero) is 1. The average molecular weight is 525 g/mol. The molecule has 1 fully saturated rings. The normalized spacial score (nSPS) is 16.7. The lowest BCUT2D eigenvalue weighted by atomic mass is 9.89. The van der Waals surface area contributed by atoms with Crippen molar-refractivity contribution in [2.75, 3.05) is 7.11 Å². The van der Waals surface area contributed by atoms with Crippen LogP contribution in [-0.4, -0.2) is 54.3 Å². The van der Waals surface area contributed by atoms with E-state index in [4.69, 9.17) is 9.47 Å². The maximum atomic E-state index is 13.4. The lowest BCUT2D eigenvalue weighted by Crippen LogP contribution is -2.49. The topological polar surface area (TPSA) is 128 Å². The van der Waals surface area contributed by atoms with Crippen LogP contribution in [0.3, 0.4) is 0 Å². The van der Waals surface area contributed by atoms with Gasteiger partial charge in [0.05, 0.1) is 13.2 Å². The minimum atomic E-state index is -0.884. The minimum Gasteiger partial charge on any atom is -0.467 e. The molecule has 3 atom stereocenters. The zero-order valence-electron chi connectivity index (χ0n) is 24.0. The largest absolute Gasteiger partial charge is 0.467 e. The Balaban J connectivity index is 3.06. The van der Waals surface area contributed by atoms with Crippen LogP contribution in [0.15, 0.2) is 0 Å². The van der Waals surface area contributed by atoms with Crippen LogP contribution in [0.1, 0.15) is 99.8 Å². The number of ketones is 1. The van der Waals surface area contributed by atoms with Crippen molar-refractivity contribution < 1.29 is 33.4 Å². The van der Waals surface area contributed by atoms with Crippen LogP contribution < -0.4 is 10.6 Å². The summed E-state index contributed by atoms with van der Waals surface area (Å²) in [6.45, 7) is 12.8. The molecule has 0 aromatic heterocycles. The molecule has 0 aliphatic heterocycles. The number of rotatable bonds is 14. The number of hydrogen-bond donors (Lipinski definition) is 2. The number of hydrogen-bond acceptors (Lipinski definition) is 7. The van der Waals surface area contributed by atoms with Gasteiger partial charge in [-0.05, 0) is 58.3 Å². The van der Waals surface area contributed by atoms with E-state index >= 15 is 0 Å². The van der Waals surface area contributed by atoms with Gasteiger partial charge in [0.2, 0.25) is 11.8 Å². The molecule has 0 saturated heterocycles. The van der Waals surface area contributed by atoms with E-state index in [1.807, 2.05) is 13.8 Å². The van der Waals surface area contributed by atoms with Gasteiger partial charge in [0.15, 0.2) is 5.78 Å². The van der Waals surface area contributed by atoms with E-state index < -0.39 is 41.4 Å². The summed E-state index contributed by atoms with van der Waals surface area (Å²) in [5.41, 5.74) is -0.675. The van der Waals surface area contributed by atoms with E-state index in [-0.39, 0.29) is 48.7 Å². The first-order chi connectivity index (χ1) is 17.1. The van der Waals surface area contributed by atoms with Crippen molar-refractivity contribution in [1.82, 2.24) is 10.6 Å². The van der Waals surface area contributed by atoms with Gasteiger partial charge < -0.3 is 20.1 Å². The van der Waals surface area contributed by atoms with Gasteiger partial charge in [0.1, 0.15) is 11.6 Å². The van der Waals surface area contributed by atoms with Crippen LogP contribution in [0.5, 0.6) is 0 Å². The third kappa shape index (κ3) is 12.1. The Morgan fingerprint density at radius 1 is 0.946 bits per heavy atom. The van der Waals surface area contributed by atoms with Crippen LogP contribution in [0.4, 0.5) is 0 Å². The molecule has 0 heterocycles. The first-order valence-corrected chi connectivity index (χ1v) is 13.6. The highest BCUT2D eigenvalue weighted by Gasteiger charge is 2.33. The molecule has 37 heavy (non-hydrogen) atoms. The summed E-state index contributed by atoms with van der Waals surface area (Å²) in [4.78, 5) is 64.1. The molecular formula is C28H48N2O7. The second-order valence-electron chi connectivity index (χ2n) is 11.9. The first-order valence-electron chi connectivity index (χ1n) is 13.6. The number of nitrogens with one attached hydrogen (secondary N) is 2. The van der Waals surface area contributed by atoms with Gasteiger partial charge in [-0.25, -0.2) is 4.79 Å². The van der Waals surface area contributed by atoms with Crippen LogP contribution in [0.2, 0.25) is 0 Å². The summed E-state index contributed by atoms with van der Waals surface area (Å²) in [6, 6.07) is -1.60. The van der Waals surface area contributed by atoms with Crippen molar-refractivity contribution in [1.29, 1.82) is 0 Å². The molecule has 1 aliphatic rings. The van der Waals surface area contributed by atoms with Crippen molar-refractivity contribution in [2.24, 2.45) is 23.7 Å². The zero-order chi connectivity index (χ0) is 28.3. The summed E-state index contributed by atoms with van der Waals surface area (Å²) >= 11 is 0. The maximum Gasteiger partial charge on any atom is 0.328 e. The predicted molar refractivity (Wildman–Crippen MR) is 140 cm³/mol. The molecule has 2 amide bonds. The van der Waals surface area contributed by atoms with E-state index in [9.17, 15) is 24.0 Å². The lowest BCUT2D eigenvalue weighted by molar-refractivity contribution is -0.155. The van der Waals surface area contributed by atoms with Gasteiger partial charge >= 0.3 is 11.9 Å². The summed E-state index contributed by atoms with van der Waals surface area (Å²) in [7, 11) is 1.25. The van der Waals surface area contributed by atoms with Gasteiger partial charge in [0, 0.05) is 24.7 Å². The highest BCUT2D eigenvalue weighted by atomic mass is 16.6. The molecule has 0 bridgehead atoms. The second kappa shape index (κ2) is 15.1. The summed E-state index contributed by atoms with van der Waals surface area (Å²) < 4.78 is 10.2. The highest BCUT2D eigenvalue weighted by molar-refractivity contribution is 5.94. The summed E-state index contributed by atoms with van der Waals surface area (Å²) in [5.74, 6) is -2.98. The van der Waals surface area contributed by atoms with Gasteiger partial charge in [-0.15, -0.1) is 0 Å². The molecule has 0 aromatic rings. The van der Waals surface area contributed by atoms with Gasteiger partial charge in [-0.3, -0.25) is 19.2 Å². The molecule has 0 aromatic carbocycles. The standard InChI is InChI=1S/C28H48N2O7/c1-17(2)15-21(29-25(33)19-11-9-10-12-19)22(31)16-20(13-14-23(32)37-28(5,6)7)26(34)30-24(18(3)4)27(35)36-8/h17-21,24H,9-16H2,1-8H3,(H,29,33)(H,30,34)/t20-,21+,24+/m1/s1. The Kier molecular flexibility index (Phi) is 13.3. The maximum absolute atomic E-state index is 13.4. The van der Waals surface area contributed by atoms with E-state index in [0.29, 0.717) is 6.42 Å². The van der Waals surface area contributed by atoms with Crippen molar-refractivity contribution in [2.45, 2.75) is 118 Å².